The van der Waals surface area contributed by atoms with Gasteiger partial charge in [-0.3, -0.25) is 15.1 Å². The van der Waals surface area contributed by atoms with Crippen LogP contribution in [-0.2, 0) is 4.79 Å². The third-order valence-electron chi connectivity index (χ3n) is 3.15. The molecule has 1 amide bonds. The Morgan fingerprint density at radius 2 is 1.83 bits per heavy atom. The Bertz CT molecular complexity index is 363. The number of pyridine rings is 1. The van der Waals surface area contributed by atoms with E-state index in [9.17, 15) is 4.79 Å². The molecule has 0 aliphatic rings. The lowest BCUT2D eigenvalue weighted by atomic mass is 10.1. The van der Waals surface area contributed by atoms with E-state index >= 15 is 0 Å². The highest BCUT2D eigenvalue weighted by Gasteiger charge is 2.19. The number of nitrogens with zero attached hydrogens (tertiary/aromatic N) is 2. The minimum Gasteiger partial charge on any atom is -0.342 e. The van der Waals surface area contributed by atoms with Gasteiger partial charge in [0.1, 0.15) is 0 Å². The molecule has 100 valence electrons. The summed E-state index contributed by atoms with van der Waals surface area (Å²) in [7, 11) is 0. The first kappa shape index (κ1) is 14.6. The first-order valence-electron chi connectivity index (χ1n) is 6.54. The molecule has 0 saturated heterocycles. The molecular weight excluding hydrogens is 226 g/mol. The number of aromatic nitrogens is 1. The Balaban J connectivity index is 2.59. The van der Waals surface area contributed by atoms with Crippen molar-refractivity contribution in [3.05, 3.63) is 30.1 Å². The zero-order valence-electron chi connectivity index (χ0n) is 11.7. The van der Waals surface area contributed by atoms with E-state index < -0.39 is 0 Å². The van der Waals surface area contributed by atoms with Crippen molar-refractivity contribution in [2.24, 2.45) is 0 Å². The number of nitrogens with one attached hydrogen (secondary N) is 1. The van der Waals surface area contributed by atoms with Gasteiger partial charge in [-0.15, -0.1) is 0 Å². The van der Waals surface area contributed by atoms with Gasteiger partial charge >= 0.3 is 0 Å². The van der Waals surface area contributed by atoms with Crippen molar-refractivity contribution in [3.8, 4) is 0 Å². The summed E-state index contributed by atoms with van der Waals surface area (Å²) in [6.45, 7) is 9.48. The molecular formula is C14H23N3O. The Morgan fingerprint density at radius 3 is 2.33 bits per heavy atom. The summed E-state index contributed by atoms with van der Waals surface area (Å²) < 4.78 is 0. The molecule has 1 rings (SSSR count). The summed E-state index contributed by atoms with van der Waals surface area (Å²) >= 11 is 0. The molecule has 0 spiro atoms. The van der Waals surface area contributed by atoms with Crippen molar-refractivity contribution in [2.45, 2.75) is 39.8 Å². The van der Waals surface area contributed by atoms with Crippen LogP contribution in [0.4, 0.5) is 0 Å². The minimum absolute atomic E-state index is 0.141. The smallest absolute Gasteiger partial charge is 0.239 e. The average molecular weight is 249 g/mol. The maximum absolute atomic E-state index is 12.1. The molecule has 0 fully saturated rings. The van der Waals surface area contributed by atoms with Crippen LogP contribution in [0.2, 0.25) is 0 Å². The fourth-order valence-electron chi connectivity index (χ4n) is 2.00. The molecule has 0 radical (unpaired) electrons. The lowest BCUT2D eigenvalue weighted by Crippen LogP contribution is -2.45. The van der Waals surface area contributed by atoms with Gasteiger partial charge in [-0.25, -0.2) is 0 Å². The van der Waals surface area contributed by atoms with Crippen molar-refractivity contribution < 1.29 is 4.79 Å². The van der Waals surface area contributed by atoms with Crippen molar-refractivity contribution in [2.75, 3.05) is 13.1 Å². The number of likely N-dealkylation sites (N-methyl/N-ethyl adjacent to an activating group) is 1. The van der Waals surface area contributed by atoms with Crippen molar-refractivity contribution >= 4 is 5.91 Å². The predicted octanol–water partition coefficient (Wildman–Crippen LogP) is 1.99. The molecule has 0 aromatic carbocycles. The number of amides is 1. The standard InChI is InChI=1S/C14H23N3O/c1-5-17(6-2)14(18)12(4)16-11(3)13-7-9-15-10-8-13/h7-12,16H,5-6H2,1-4H3/t11-,12?/m1/s1. The van der Waals surface area contributed by atoms with Crippen LogP contribution in [0.1, 0.15) is 39.3 Å². The van der Waals surface area contributed by atoms with E-state index in [4.69, 9.17) is 0 Å². The highest BCUT2D eigenvalue weighted by molar-refractivity contribution is 5.81. The molecule has 1 aromatic rings. The van der Waals surface area contributed by atoms with E-state index in [1.54, 1.807) is 12.4 Å². The zero-order valence-corrected chi connectivity index (χ0v) is 11.7. The zero-order chi connectivity index (χ0) is 13.5. The molecule has 1 unspecified atom stereocenters. The monoisotopic (exact) mass is 249 g/mol. The van der Waals surface area contributed by atoms with Crippen molar-refractivity contribution in [3.63, 3.8) is 0 Å². The van der Waals surface area contributed by atoms with Crippen LogP contribution in [0.3, 0.4) is 0 Å². The van der Waals surface area contributed by atoms with E-state index in [1.807, 2.05) is 37.8 Å². The summed E-state index contributed by atoms with van der Waals surface area (Å²) in [6.07, 6.45) is 3.54. The SMILES string of the molecule is CCN(CC)C(=O)C(C)N[C@H](C)c1ccncc1. The Hall–Kier alpha value is -1.42. The van der Waals surface area contributed by atoms with Gasteiger partial charge in [0.05, 0.1) is 6.04 Å². The largest absolute Gasteiger partial charge is 0.342 e. The van der Waals surface area contributed by atoms with Crippen LogP contribution < -0.4 is 5.32 Å². The first-order valence-corrected chi connectivity index (χ1v) is 6.54. The van der Waals surface area contributed by atoms with Gasteiger partial charge in [-0.2, -0.15) is 0 Å². The van der Waals surface area contributed by atoms with Crippen LogP contribution in [0.5, 0.6) is 0 Å². The van der Waals surface area contributed by atoms with Gasteiger partial charge in [0, 0.05) is 31.5 Å². The predicted molar refractivity (Wildman–Crippen MR) is 73.2 cm³/mol. The van der Waals surface area contributed by atoms with Gasteiger partial charge in [0.15, 0.2) is 0 Å². The van der Waals surface area contributed by atoms with Gasteiger partial charge < -0.3 is 4.90 Å². The van der Waals surface area contributed by atoms with Crippen LogP contribution in [0, 0.1) is 0 Å². The van der Waals surface area contributed by atoms with Gasteiger partial charge in [0.2, 0.25) is 5.91 Å². The average Bonchev–Trinajstić information content (AvgIpc) is 2.40. The first-order chi connectivity index (χ1) is 8.60. The molecule has 1 heterocycles. The molecule has 4 heteroatoms. The third kappa shape index (κ3) is 3.81. The molecule has 0 bridgehead atoms. The summed E-state index contributed by atoms with van der Waals surface area (Å²) in [5, 5.41) is 3.33. The van der Waals surface area contributed by atoms with Crippen molar-refractivity contribution in [1.29, 1.82) is 0 Å². The summed E-state index contributed by atoms with van der Waals surface area (Å²) in [6, 6.07) is 3.90. The number of rotatable bonds is 6. The molecule has 2 atom stereocenters. The summed E-state index contributed by atoms with van der Waals surface area (Å²) in [4.78, 5) is 18.0. The van der Waals surface area contributed by atoms with E-state index in [0.717, 1.165) is 18.7 Å². The Labute approximate surface area is 109 Å². The van der Waals surface area contributed by atoms with Crippen LogP contribution in [0.15, 0.2) is 24.5 Å². The summed E-state index contributed by atoms with van der Waals surface area (Å²) in [5.41, 5.74) is 1.14. The van der Waals surface area contributed by atoms with E-state index in [0.29, 0.717) is 0 Å². The summed E-state index contributed by atoms with van der Waals surface area (Å²) in [5.74, 6) is 0.154. The molecule has 18 heavy (non-hydrogen) atoms. The molecule has 0 saturated carbocycles. The minimum atomic E-state index is -0.173. The topological polar surface area (TPSA) is 45.2 Å². The third-order valence-corrected chi connectivity index (χ3v) is 3.15. The highest BCUT2D eigenvalue weighted by Crippen LogP contribution is 2.11. The maximum atomic E-state index is 12.1. The maximum Gasteiger partial charge on any atom is 0.239 e. The molecule has 1 N–H and O–H groups in total. The molecule has 1 aromatic heterocycles. The number of carbonyl (C=O) groups is 1. The van der Waals surface area contributed by atoms with E-state index in [-0.39, 0.29) is 18.0 Å². The van der Waals surface area contributed by atoms with E-state index in [2.05, 4.69) is 17.2 Å². The molecule has 0 aliphatic heterocycles. The Kier molecular flexibility index (Phi) is 5.78. The second-order valence-electron chi connectivity index (χ2n) is 4.40. The van der Waals surface area contributed by atoms with Gasteiger partial charge in [-0.1, -0.05) is 0 Å². The normalized spacial score (nSPS) is 14.0. The number of hydrogen-bond acceptors (Lipinski definition) is 3. The second kappa shape index (κ2) is 7.11. The fraction of sp³-hybridized carbons (Fsp3) is 0.571. The molecule has 4 nitrogen and oxygen atoms in total. The van der Waals surface area contributed by atoms with Gasteiger partial charge in [-0.05, 0) is 45.4 Å². The lowest BCUT2D eigenvalue weighted by Gasteiger charge is -2.26. The van der Waals surface area contributed by atoms with Crippen LogP contribution >= 0.6 is 0 Å². The van der Waals surface area contributed by atoms with Crippen LogP contribution in [-0.4, -0.2) is 34.9 Å². The number of hydrogen-bond donors (Lipinski definition) is 1. The number of carbonyl (C=O) groups excluding carboxylic acids is 1. The van der Waals surface area contributed by atoms with Gasteiger partial charge in [0.25, 0.3) is 0 Å². The fourth-order valence-corrected chi connectivity index (χ4v) is 2.00. The highest BCUT2D eigenvalue weighted by atomic mass is 16.2. The molecule has 0 aliphatic carbocycles. The lowest BCUT2D eigenvalue weighted by molar-refractivity contribution is -0.132. The quantitative estimate of drug-likeness (QED) is 0.838. The van der Waals surface area contributed by atoms with Crippen LogP contribution in [0.25, 0.3) is 0 Å². The Morgan fingerprint density at radius 1 is 1.28 bits per heavy atom. The second-order valence-corrected chi connectivity index (χ2v) is 4.40. The van der Waals surface area contributed by atoms with E-state index in [1.165, 1.54) is 0 Å². The van der Waals surface area contributed by atoms with Crippen molar-refractivity contribution in [1.82, 2.24) is 15.2 Å².